The van der Waals surface area contributed by atoms with Gasteiger partial charge < -0.3 is 43.1 Å². The molecule has 7 aliphatic heterocycles. The molecule has 26 heteroatoms. The van der Waals surface area contributed by atoms with E-state index in [0.29, 0.717) is 39.5 Å². The van der Waals surface area contributed by atoms with Crippen LogP contribution >= 0.6 is 82.6 Å². The predicted molar refractivity (Wildman–Crippen MR) is 400 cm³/mol. The SMILES string of the molecule is Brc1ccc2c(c1)CN=C2NOCc1ccccc1.C.CC1(C)OB(B2OC(C)(C)C(C)(C)O2)OC1(C)C.CC1(C)OB(c2ccc3c(c2)CN=C3NOCc2ccccc2)OC1(C)C.CCO.CCOC1=NCc2cc(Br)ccc21.ClC(Cl)Cl.O=C1NCc2cc(Br)ccc21. The summed E-state index contributed by atoms with van der Waals surface area (Å²) in [6, 6.07) is 44.3. The monoisotopic (exact) mass is 1560 g/mol. The number of carbonyl (C=O) groups excluding carboxylic acids is 1. The van der Waals surface area contributed by atoms with Crippen molar-refractivity contribution in [3.63, 3.8) is 0 Å². The van der Waals surface area contributed by atoms with Crippen molar-refractivity contribution in [2.45, 2.75) is 182 Å². The minimum atomic E-state index is -0.750. The molecule has 0 aliphatic carbocycles. The molecule has 516 valence electrons. The number of fused-ring (bicyclic) bond motifs is 4. The molecule has 3 saturated heterocycles. The van der Waals surface area contributed by atoms with Crippen LogP contribution in [0.25, 0.3) is 0 Å². The lowest BCUT2D eigenvalue weighted by Crippen LogP contribution is -2.41. The summed E-state index contributed by atoms with van der Waals surface area (Å²) in [7, 11) is -1.31. The van der Waals surface area contributed by atoms with Crippen LogP contribution in [0.15, 0.2) is 162 Å². The number of aliphatic hydroxyl groups is 1. The summed E-state index contributed by atoms with van der Waals surface area (Å²) in [5, 5.41) is 10.3. The zero-order valence-corrected chi connectivity index (χ0v) is 63.3. The summed E-state index contributed by atoms with van der Waals surface area (Å²) in [6.45, 7) is 32.8. The second-order valence-corrected chi connectivity index (χ2v) is 30.3. The number of aliphatic hydroxyl groups excluding tert-OH is 1. The maximum atomic E-state index is 11.1. The average molecular weight is 1570 g/mol. The number of benzene rings is 6. The second kappa shape index (κ2) is 35.6. The third kappa shape index (κ3) is 21.7. The first-order chi connectivity index (χ1) is 44.8. The standard InChI is InChI=1S/C21H25BN2O3.C15H13BrN2O.C12H24B2O4.C10H10BrNO.C8H6BrNO.C2H6O.CHCl3.CH4/c1-20(2)21(3,4)27-22(26-20)17-10-11-18-16(12-17)13-23-19(18)24-25-14-15-8-6-5-7-9-15;16-13-6-7-14-12(8-13)9-17-15(14)18-19-10-11-4-2-1-3-5-11;1-9(2)10(3,4)16-13(15-9)14-17-11(5,6)12(7,8)18-14;1-2-13-10-9-4-3-8(11)5-7(9)6-12-10;9-6-1-2-7-5(3-6)4-10-8(7)11;1-2-3;2-1(3)4;/h5-12H,13-14H2,1-4H3,(H,23,24);1-8H,9-10H2,(H,17,18);1-8H3;3-5H,2,6H2,1H3;1-3H,4H2,(H,10,11);3H,2H2,1H3;1H;1H4. The predicted octanol–water partition coefficient (Wildman–Crippen LogP) is 15.7. The van der Waals surface area contributed by atoms with Crippen LogP contribution in [0.1, 0.15) is 165 Å². The van der Waals surface area contributed by atoms with Crippen LogP contribution in [-0.2, 0) is 81.7 Å². The van der Waals surface area contributed by atoms with Crippen LogP contribution in [0.2, 0.25) is 0 Å². The summed E-state index contributed by atoms with van der Waals surface area (Å²) in [6.07, 6.45) is 0. The lowest BCUT2D eigenvalue weighted by atomic mass is 9.49. The van der Waals surface area contributed by atoms with Crippen molar-refractivity contribution in [3.8, 4) is 0 Å². The first kappa shape index (κ1) is 80.3. The van der Waals surface area contributed by atoms with Gasteiger partial charge in [-0.05, 0) is 190 Å². The molecule has 0 bridgehead atoms. The van der Waals surface area contributed by atoms with Crippen LogP contribution in [0.4, 0.5) is 0 Å². The van der Waals surface area contributed by atoms with Crippen molar-refractivity contribution < 1.29 is 52.2 Å². The van der Waals surface area contributed by atoms with Crippen molar-refractivity contribution in [2.24, 2.45) is 15.0 Å². The number of ether oxygens (including phenoxy) is 1. The van der Waals surface area contributed by atoms with Gasteiger partial charge in [-0.1, -0.05) is 169 Å². The van der Waals surface area contributed by atoms with Crippen LogP contribution in [0.3, 0.4) is 0 Å². The van der Waals surface area contributed by atoms with E-state index in [0.717, 1.165) is 87.5 Å². The highest BCUT2D eigenvalue weighted by molar-refractivity contribution is 9.11. The van der Waals surface area contributed by atoms with E-state index in [9.17, 15) is 4.79 Å². The van der Waals surface area contributed by atoms with E-state index >= 15 is 0 Å². The Labute approximate surface area is 609 Å². The smallest absolute Gasteiger partial charge is 0.478 e. The van der Waals surface area contributed by atoms with Gasteiger partial charge in [-0.3, -0.25) is 24.5 Å². The van der Waals surface area contributed by atoms with E-state index in [4.69, 9.17) is 82.2 Å². The van der Waals surface area contributed by atoms with Gasteiger partial charge in [-0.25, -0.2) is 16.0 Å². The van der Waals surface area contributed by atoms with Gasteiger partial charge in [0.1, 0.15) is 0 Å². The molecule has 17 nitrogen and oxygen atoms in total. The minimum Gasteiger partial charge on any atom is -0.478 e. The van der Waals surface area contributed by atoms with Gasteiger partial charge >= 0.3 is 21.1 Å². The molecule has 96 heavy (non-hydrogen) atoms. The number of hydroxylamine groups is 2. The summed E-state index contributed by atoms with van der Waals surface area (Å²) in [5.41, 5.74) is 15.8. The lowest BCUT2D eigenvalue weighted by Gasteiger charge is -2.32. The number of nitrogens with one attached hydrogen (secondary N) is 3. The van der Waals surface area contributed by atoms with Crippen LogP contribution in [0.5, 0.6) is 0 Å². The molecule has 3 fully saturated rings. The van der Waals surface area contributed by atoms with Gasteiger partial charge in [0.05, 0.1) is 73.1 Å². The van der Waals surface area contributed by atoms with Crippen LogP contribution in [-0.4, -0.2) is 101 Å². The van der Waals surface area contributed by atoms with E-state index in [1.807, 2.05) is 172 Å². The molecule has 6 aromatic carbocycles. The number of alkyl halides is 3. The third-order valence-corrected chi connectivity index (χ3v) is 18.5. The number of aliphatic imine (C=N–C) groups is 3. The van der Waals surface area contributed by atoms with Crippen molar-refractivity contribution >= 4 is 133 Å². The highest BCUT2D eigenvalue weighted by Crippen LogP contribution is 2.43. The largest absolute Gasteiger partial charge is 0.494 e. The van der Waals surface area contributed by atoms with Gasteiger partial charge in [0.15, 0.2) is 16.0 Å². The van der Waals surface area contributed by atoms with Gasteiger partial charge in [-0.15, -0.1) is 0 Å². The van der Waals surface area contributed by atoms with Crippen molar-refractivity contribution in [2.75, 3.05) is 13.2 Å². The number of amides is 1. The van der Waals surface area contributed by atoms with Crippen molar-refractivity contribution in [1.82, 2.24) is 16.3 Å². The summed E-state index contributed by atoms with van der Waals surface area (Å²) < 4.78 is 44.0. The fourth-order valence-corrected chi connectivity index (χ4v) is 11.1. The number of nitrogens with zero attached hydrogens (tertiary/aromatic N) is 3. The van der Waals surface area contributed by atoms with Crippen LogP contribution < -0.4 is 21.7 Å². The lowest BCUT2D eigenvalue weighted by molar-refractivity contribution is 0.00578. The Hall–Kier alpha value is -4.66. The Morgan fingerprint density at radius 3 is 1.30 bits per heavy atom. The molecule has 6 aromatic rings. The zero-order chi connectivity index (χ0) is 69.5. The molecule has 7 aliphatic rings. The third-order valence-electron chi connectivity index (χ3n) is 17.0. The van der Waals surface area contributed by atoms with Gasteiger partial charge in [0.25, 0.3) is 5.91 Å². The highest BCUT2D eigenvalue weighted by Gasteiger charge is 2.64. The fraction of sp³-hybridized carbons (Fsp3) is 0.429. The molecule has 4 N–H and O–H groups in total. The Morgan fingerprint density at radius 2 is 0.875 bits per heavy atom. The van der Waals surface area contributed by atoms with Gasteiger partial charge in [0.2, 0.25) is 5.90 Å². The molecule has 0 radical (unpaired) electrons. The number of carbonyl (C=O) groups is 1. The number of amidine groups is 2. The van der Waals surface area contributed by atoms with Gasteiger partial charge in [0, 0.05) is 48.8 Å². The summed E-state index contributed by atoms with van der Waals surface area (Å²) in [5.74, 6) is 2.39. The highest BCUT2D eigenvalue weighted by atomic mass is 79.9. The maximum absolute atomic E-state index is 11.1. The molecular weight excluding hydrogens is 1480 g/mol. The van der Waals surface area contributed by atoms with Gasteiger partial charge in [-0.2, -0.15) is 0 Å². The Kier molecular flexibility index (Phi) is 29.8. The molecule has 0 aromatic heterocycles. The number of halogens is 6. The molecule has 7 heterocycles. The quantitative estimate of drug-likeness (QED) is 0.0607. The van der Waals surface area contributed by atoms with E-state index in [1.165, 1.54) is 11.1 Å². The maximum Gasteiger partial charge on any atom is 0.494 e. The molecule has 1 amide bonds. The second-order valence-electron chi connectivity index (χ2n) is 25.5. The Morgan fingerprint density at radius 1 is 0.521 bits per heavy atom. The van der Waals surface area contributed by atoms with E-state index in [-0.39, 0.29) is 60.7 Å². The van der Waals surface area contributed by atoms with Crippen molar-refractivity contribution in [3.05, 3.63) is 203 Å². The number of rotatable bonds is 9. The topological polar surface area (TPSA) is 194 Å². The Balaban J connectivity index is 0.000000190. The summed E-state index contributed by atoms with van der Waals surface area (Å²) in [4.78, 5) is 35.5. The molecule has 0 saturated carbocycles. The van der Waals surface area contributed by atoms with Crippen LogP contribution in [0, 0.1) is 0 Å². The number of hydrogen-bond donors (Lipinski definition) is 4. The fourth-order valence-electron chi connectivity index (χ4n) is 9.83. The van der Waals surface area contributed by atoms with E-state index in [1.54, 1.807) is 6.92 Å². The molecule has 13 rings (SSSR count). The average Bonchev–Trinajstić information content (AvgIpc) is 1.60. The first-order valence-electron chi connectivity index (χ1n) is 31.3. The van der Waals surface area contributed by atoms with Crippen molar-refractivity contribution in [1.29, 1.82) is 0 Å². The molecule has 0 unspecified atom stereocenters. The normalized spacial score (nSPS) is 18.2. The first-order valence-corrected chi connectivity index (χ1v) is 35.0. The molecular formula is C70H89B3Br3Cl3N6O11. The molecule has 0 spiro atoms. The van der Waals surface area contributed by atoms with E-state index in [2.05, 4.69) is 131 Å². The molecule has 0 atom stereocenters. The number of hydrogen-bond acceptors (Lipinski definition) is 16. The van der Waals surface area contributed by atoms with E-state index < -0.39 is 18.3 Å². The Bertz CT molecular complexity index is 3570. The minimum absolute atomic E-state index is 0. The zero-order valence-electron chi connectivity index (χ0n) is 56.3. The summed E-state index contributed by atoms with van der Waals surface area (Å²) >= 11 is 24.7.